The summed E-state index contributed by atoms with van der Waals surface area (Å²) in [5.41, 5.74) is 6.33. The van der Waals surface area contributed by atoms with Gasteiger partial charge < -0.3 is 5.73 Å². The molecule has 2 atom stereocenters. The van der Waals surface area contributed by atoms with Crippen molar-refractivity contribution in [2.75, 3.05) is 13.1 Å². The van der Waals surface area contributed by atoms with Gasteiger partial charge in [0.25, 0.3) is 0 Å². The van der Waals surface area contributed by atoms with Gasteiger partial charge in [-0.2, -0.15) is 0 Å². The summed E-state index contributed by atoms with van der Waals surface area (Å²) in [6, 6.07) is 10.3. The lowest BCUT2D eigenvalue weighted by Crippen LogP contribution is -2.40. The summed E-state index contributed by atoms with van der Waals surface area (Å²) in [6.07, 6.45) is 3.71. The van der Waals surface area contributed by atoms with E-state index in [0.29, 0.717) is 24.9 Å². The van der Waals surface area contributed by atoms with Crippen molar-refractivity contribution in [3.8, 4) is 0 Å². The third kappa shape index (κ3) is 4.31. The maximum atomic E-state index is 11.6. The third-order valence-electron chi connectivity index (χ3n) is 4.43. The normalized spacial score (nSPS) is 19.8. The van der Waals surface area contributed by atoms with Crippen molar-refractivity contribution < 1.29 is 9.59 Å². The number of benzene rings is 1. The minimum atomic E-state index is -0.779. The summed E-state index contributed by atoms with van der Waals surface area (Å²) in [5.74, 6) is 0.189. The van der Waals surface area contributed by atoms with Crippen LogP contribution in [0.25, 0.3) is 0 Å². The molecule has 1 fully saturated rings. The third-order valence-corrected chi connectivity index (χ3v) is 4.43. The molecule has 1 saturated heterocycles. The fraction of sp³-hybridized carbons (Fsp3) is 0.529. The van der Waals surface area contributed by atoms with Gasteiger partial charge in [0.15, 0.2) is 0 Å². The highest BCUT2D eigenvalue weighted by atomic mass is 16.2. The van der Waals surface area contributed by atoms with Crippen LogP contribution in [0.2, 0.25) is 0 Å². The van der Waals surface area contributed by atoms with Gasteiger partial charge in [-0.3, -0.25) is 15.0 Å². The molecule has 1 aromatic rings. The summed E-state index contributed by atoms with van der Waals surface area (Å²) in [6.45, 7) is 3.90. The van der Waals surface area contributed by atoms with Gasteiger partial charge in [-0.05, 0) is 37.3 Å². The molecule has 3 N–H and O–H groups in total. The lowest BCUT2D eigenvalue weighted by Gasteiger charge is -2.31. The highest BCUT2D eigenvalue weighted by Crippen LogP contribution is 2.33. The van der Waals surface area contributed by atoms with Crippen LogP contribution in [-0.2, 0) is 4.79 Å². The summed E-state index contributed by atoms with van der Waals surface area (Å²) >= 11 is 0. The largest absolute Gasteiger partial charge is 0.351 e. The number of carbonyl (C=O) groups excluding carboxylic acids is 2. The molecule has 0 aliphatic carbocycles. The van der Waals surface area contributed by atoms with Gasteiger partial charge in [0.2, 0.25) is 5.91 Å². The molecule has 1 aromatic carbocycles. The Balaban J connectivity index is 1.97. The molecule has 0 bridgehead atoms. The van der Waals surface area contributed by atoms with Crippen LogP contribution in [0.1, 0.15) is 44.1 Å². The van der Waals surface area contributed by atoms with Gasteiger partial charge in [0, 0.05) is 19.0 Å². The average molecular weight is 303 g/mol. The number of amides is 3. The topological polar surface area (TPSA) is 75.4 Å². The number of imide groups is 1. The minimum absolute atomic E-state index is 0.300. The first-order valence-electron chi connectivity index (χ1n) is 8.00. The Bertz CT molecular complexity index is 504. The predicted molar refractivity (Wildman–Crippen MR) is 86.4 cm³/mol. The number of urea groups is 1. The second-order valence-corrected chi connectivity index (χ2v) is 5.83. The van der Waals surface area contributed by atoms with Gasteiger partial charge in [0.05, 0.1) is 0 Å². The number of hydrogen-bond acceptors (Lipinski definition) is 3. The number of nitrogens with one attached hydrogen (secondary N) is 1. The standard InChI is InChI=1S/C17H25N3O2/c1-2-14(13-7-4-3-5-8-13)15-9-6-11-20(15)12-10-16(21)19-17(18)22/h3-5,7-8,14-15H,2,6,9-12H2,1H3,(H3,18,19,21,22)/t14-,15-/m0/s1. The van der Waals surface area contributed by atoms with E-state index in [1.54, 1.807) is 0 Å². The smallest absolute Gasteiger partial charge is 0.318 e. The molecule has 1 heterocycles. The highest BCUT2D eigenvalue weighted by Gasteiger charge is 2.31. The Hall–Kier alpha value is -1.88. The van der Waals surface area contributed by atoms with Gasteiger partial charge in [-0.15, -0.1) is 0 Å². The molecule has 0 spiro atoms. The van der Waals surface area contributed by atoms with E-state index in [0.717, 1.165) is 25.8 Å². The zero-order valence-corrected chi connectivity index (χ0v) is 13.1. The van der Waals surface area contributed by atoms with Crippen molar-refractivity contribution in [3.63, 3.8) is 0 Å². The Morgan fingerprint density at radius 2 is 2.09 bits per heavy atom. The number of likely N-dealkylation sites (tertiary alicyclic amines) is 1. The van der Waals surface area contributed by atoms with Gasteiger partial charge in [-0.25, -0.2) is 4.79 Å². The molecule has 0 saturated carbocycles. The van der Waals surface area contributed by atoms with Crippen LogP contribution in [0.4, 0.5) is 4.79 Å². The Morgan fingerprint density at radius 3 is 2.73 bits per heavy atom. The van der Waals surface area contributed by atoms with E-state index in [9.17, 15) is 9.59 Å². The molecule has 1 aliphatic heterocycles. The number of primary amides is 1. The van der Waals surface area contributed by atoms with Crippen LogP contribution in [0.3, 0.4) is 0 Å². The highest BCUT2D eigenvalue weighted by molar-refractivity contribution is 5.93. The molecule has 5 heteroatoms. The summed E-state index contributed by atoms with van der Waals surface area (Å²) < 4.78 is 0. The molecule has 2 rings (SSSR count). The van der Waals surface area contributed by atoms with E-state index in [1.807, 2.05) is 6.07 Å². The van der Waals surface area contributed by atoms with Crippen molar-refractivity contribution in [1.29, 1.82) is 0 Å². The molecule has 120 valence electrons. The van der Waals surface area contributed by atoms with Crippen LogP contribution >= 0.6 is 0 Å². The number of nitrogens with two attached hydrogens (primary N) is 1. The van der Waals surface area contributed by atoms with E-state index in [2.05, 4.69) is 41.4 Å². The first-order chi connectivity index (χ1) is 10.6. The Morgan fingerprint density at radius 1 is 1.36 bits per heavy atom. The molecular formula is C17H25N3O2. The molecule has 1 aliphatic rings. The second kappa shape index (κ2) is 7.94. The number of carbonyl (C=O) groups is 2. The summed E-state index contributed by atoms with van der Waals surface area (Å²) in [5, 5.41) is 2.13. The molecule has 0 radical (unpaired) electrons. The van der Waals surface area contributed by atoms with E-state index >= 15 is 0 Å². The average Bonchev–Trinajstić information content (AvgIpc) is 2.95. The van der Waals surface area contributed by atoms with Crippen LogP contribution in [0.15, 0.2) is 30.3 Å². The maximum absolute atomic E-state index is 11.6. The fourth-order valence-corrected chi connectivity index (χ4v) is 3.46. The lowest BCUT2D eigenvalue weighted by molar-refractivity contribution is -0.120. The maximum Gasteiger partial charge on any atom is 0.318 e. The van der Waals surface area contributed by atoms with Gasteiger partial charge >= 0.3 is 6.03 Å². The van der Waals surface area contributed by atoms with E-state index in [4.69, 9.17) is 5.73 Å². The lowest BCUT2D eigenvalue weighted by atomic mass is 9.87. The van der Waals surface area contributed by atoms with Gasteiger partial charge in [-0.1, -0.05) is 37.3 Å². The van der Waals surface area contributed by atoms with Crippen LogP contribution in [0, 0.1) is 0 Å². The van der Waals surface area contributed by atoms with Crippen LogP contribution in [0.5, 0.6) is 0 Å². The monoisotopic (exact) mass is 303 g/mol. The van der Waals surface area contributed by atoms with Crippen molar-refractivity contribution in [2.45, 2.75) is 44.6 Å². The number of nitrogens with zero attached hydrogens (tertiary/aromatic N) is 1. The fourth-order valence-electron chi connectivity index (χ4n) is 3.46. The quantitative estimate of drug-likeness (QED) is 0.846. The second-order valence-electron chi connectivity index (χ2n) is 5.83. The Labute approximate surface area is 131 Å². The molecular weight excluding hydrogens is 278 g/mol. The van der Waals surface area contributed by atoms with Crippen molar-refractivity contribution in [1.82, 2.24) is 10.2 Å². The number of hydrogen-bond donors (Lipinski definition) is 2. The van der Waals surface area contributed by atoms with Crippen molar-refractivity contribution >= 4 is 11.9 Å². The number of rotatable bonds is 6. The molecule has 5 nitrogen and oxygen atoms in total. The van der Waals surface area contributed by atoms with E-state index in [1.165, 1.54) is 5.56 Å². The summed E-state index contributed by atoms with van der Waals surface area (Å²) in [4.78, 5) is 24.7. The van der Waals surface area contributed by atoms with Crippen molar-refractivity contribution in [3.05, 3.63) is 35.9 Å². The zero-order valence-electron chi connectivity index (χ0n) is 13.1. The van der Waals surface area contributed by atoms with E-state index < -0.39 is 6.03 Å². The van der Waals surface area contributed by atoms with Gasteiger partial charge in [0.1, 0.15) is 0 Å². The predicted octanol–water partition coefficient (Wildman–Crippen LogP) is 2.23. The summed E-state index contributed by atoms with van der Waals surface area (Å²) in [7, 11) is 0. The SMILES string of the molecule is CC[C@@H](c1ccccc1)[C@@H]1CCCN1CCC(=O)NC(N)=O. The van der Waals surface area contributed by atoms with Crippen LogP contribution in [-0.4, -0.2) is 36.0 Å². The van der Waals surface area contributed by atoms with Crippen LogP contribution < -0.4 is 11.1 Å². The molecule has 22 heavy (non-hydrogen) atoms. The molecule has 3 amide bonds. The molecule has 0 unspecified atom stereocenters. The first kappa shape index (κ1) is 16.5. The van der Waals surface area contributed by atoms with E-state index in [-0.39, 0.29) is 5.91 Å². The first-order valence-corrected chi connectivity index (χ1v) is 8.00. The molecule has 0 aromatic heterocycles. The zero-order chi connectivity index (χ0) is 15.9. The van der Waals surface area contributed by atoms with Crippen molar-refractivity contribution in [2.24, 2.45) is 5.73 Å². The Kier molecular flexibility index (Phi) is 5.95. The minimum Gasteiger partial charge on any atom is -0.351 e.